The van der Waals surface area contributed by atoms with Crippen LogP contribution in [-0.2, 0) is 11.2 Å². The van der Waals surface area contributed by atoms with E-state index >= 15 is 0 Å². The summed E-state index contributed by atoms with van der Waals surface area (Å²) >= 11 is 0. The molecule has 4 nitrogen and oxygen atoms in total. The quantitative estimate of drug-likeness (QED) is 0.717. The Labute approximate surface area is 167 Å². The van der Waals surface area contributed by atoms with E-state index < -0.39 is 0 Å². The number of rotatable bonds is 4. The van der Waals surface area contributed by atoms with Gasteiger partial charge in [0.1, 0.15) is 11.5 Å². The molecule has 2 heterocycles. The zero-order valence-electron chi connectivity index (χ0n) is 17.4. The van der Waals surface area contributed by atoms with Gasteiger partial charge >= 0.3 is 0 Å². The smallest absolute Gasteiger partial charge is 0.278 e. The second-order valence-electron chi connectivity index (χ2n) is 8.38. The van der Waals surface area contributed by atoms with E-state index in [9.17, 15) is 4.79 Å². The molecule has 2 aliphatic rings. The van der Waals surface area contributed by atoms with Gasteiger partial charge in [0.2, 0.25) is 0 Å². The Hall–Kier alpha value is -2.62. The number of nitrogens with zero attached hydrogens (tertiary/aromatic N) is 2. The Kier molecular flexibility index (Phi) is 4.53. The summed E-state index contributed by atoms with van der Waals surface area (Å²) in [5, 5.41) is 0. The van der Waals surface area contributed by atoms with Gasteiger partial charge in [0.05, 0.1) is 18.0 Å². The van der Waals surface area contributed by atoms with Crippen LogP contribution in [0.15, 0.2) is 41.4 Å². The molecule has 0 aliphatic carbocycles. The van der Waals surface area contributed by atoms with Gasteiger partial charge in [-0.1, -0.05) is 26.0 Å². The molecule has 4 rings (SSSR count). The monoisotopic (exact) mass is 376 g/mol. The normalized spacial score (nSPS) is 21.2. The number of benzene rings is 2. The van der Waals surface area contributed by atoms with Crippen molar-refractivity contribution in [1.29, 1.82) is 0 Å². The Bertz CT molecular complexity index is 957. The van der Waals surface area contributed by atoms with Crippen molar-refractivity contribution in [2.24, 2.45) is 4.99 Å². The van der Waals surface area contributed by atoms with Crippen LogP contribution in [0.2, 0.25) is 0 Å². The molecule has 146 valence electrons. The molecule has 0 radical (unpaired) electrons. The van der Waals surface area contributed by atoms with Crippen molar-refractivity contribution in [2.75, 3.05) is 11.5 Å². The molecule has 0 aromatic heterocycles. The molecule has 1 unspecified atom stereocenters. The number of anilines is 1. The van der Waals surface area contributed by atoms with Gasteiger partial charge < -0.3 is 9.64 Å². The number of aryl methyl sites for hydroxylation is 1. The van der Waals surface area contributed by atoms with Crippen molar-refractivity contribution in [3.05, 3.63) is 53.1 Å². The zero-order chi connectivity index (χ0) is 20.1. The minimum atomic E-state index is -0.241. The van der Waals surface area contributed by atoms with Crippen LogP contribution in [0.4, 0.5) is 11.4 Å². The van der Waals surface area contributed by atoms with Crippen molar-refractivity contribution in [2.45, 2.75) is 58.9 Å². The molecule has 2 aromatic carbocycles. The number of carbonyl (C=O) groups excluding carboxylic acids is 1. The highest BCUT2D eigenvalue weighted by Gasteiger charge is 2.48. The second kappa shape index (κ2) is 6.77. The second-order valence-corrected chi connectivity index (χ2v) is 8.38. The molecule has 0 bridgehead atoms. The molecule has 4 heteroatoms. The van der Waals surface area contributed by atoms with Gasteiger partial charge in [-0.15, -0.1) is 0 Å². The Morgan fingerprint density at radius 2 is 1.89 bits per heavy atom. The largest absolute Gasteiger partial charge is 0.494 e. The van der Waals surface area contributed by atoms with E-state index in [1.165, 1.54) is 11.1 Å². The van der Waals surface area contributed by atoms with Gasteiger partial charge in [-0.25, -0.2) is 4.99 Å². The molecule has 0 saturated carbocycles. The summed E-state index contributed by atoms with van der Waals surface area (Å²) in [4.78, 5) is 20.2. The first-order chi connectivity index (χ1) is 13.4. The summed E-state index contributed by atoms with van der Waals surface area (Å²) in [5.74, 6) is 1.16. The van der Waals surface area contributed by atoms with Gasteiger partial charge in [0.25, 0.3) is 5.91 Å². The van der Waals surface area contributed by atoms with Crippen molar-refractivity contribution in [3.8, 4) is 5.75 Å². The maximum absolute atomic E-state index is 13.5. The Morgan fingerprint density at radius 3 is 2.54 bits per heavy atom. The fourth-order valence-corrected chi connectivity index (χ4v) is 4.58. The lowest BCUT2D eigenvalue weighted by Crippen LogP contribution is -2.50. The highest BCUT2D eigenvalue weighted by molar-refractivity contribution is 6.55. The molecule has 2 aliphatic heterocycles. The summed E-state index contributed by atoms with van der Waals surface area (Å²) < 4.78 is 5.81. The molecular formula is C24H28N2O2. The Morgan fingerprint density at radius 1 is 1.18 bits per heavy atom. The standard InChI is InChI=1S/C24H28N2O2/c1-6-16-8-10-17(11-9-16)25-21-20-13-18(28-7-2)12-19-15(3)14-24(4,5)26(22(19)20)23(21)27/h8-13,15H,6-7,14H2,1-5H3. The summed E-state index contributed by atoms with van der Waals surface area (Å²) in [6.07, 6.45) is 1.90. The lowest BCUT2D eigenvalue weighted by molar-refractivity contribution is -0.113. The van der Waals surface area contributed by atoms with E-state index in [-0.39, 0.29) is 11.4 Å². The molecular weight excluding hydrogens is 348 g/mol. The van der Waals surface area contributed by atoms with Gasteiger partial charge in [0, 0.05) is 11.1 Å². The molecule has 1 amide bonds. The maximum atomic E-state index is 13.5. The van der Waals surface area contributed by atoms with Crippen molar-refractivity contribution >= 4 is 23.0 Å². The third kappa shape index (κ3) is 2.92. The van der Waals surface area contributed by atoms with Crippen molar-refractivity contribution in [1.82, 2.24) is 0 Å². The van der Waals surface area contributed by atoms with Crippen molar-refractivity contribution < 1.29 is 9.53 Å². The summed E-state index contributed by atoms with van der Waals surface area (Å²) in [6, 6.07) is 12.2. The van der Waals surface area contributed by atoms with Crippen LogP contribution in [0.5, 0.6) is 5.75 Å². The van der Waals surface area contributed by atoms with Gasteiger partial charge in [-0.05, 0) is 74.9 Å². The molecule has 0 saturated heterocycles. The molecule has 0 spiro atoms. The summed E-state index contributed by atoms with van der Waals surface area (Å²) in [6.45, 7) is 11.2. The molecule has 0 fully saturated rings. The average molecular weight is 377 g/mol. The highest BCUT2D eigenvalue weighted by Crippen LogP contribution is 2.50. The Balaban J connectivity index is 1.90. The van der Waals surface area contributed by atoms with E-state index in [0.717, 1.165) is 35.5 Å². The van der Waals surface area contributed by atoms with Gasteiger partial charge in [0.15, 0.2) is 0 Å². The number of amides is 1. The van der Waals surface area contributed by atoms with Crippen LogP contribution in [0.1, 0.15) is 63.6 Å². The minimum Gasteiger partial charge on any atom is -0.494 e. The van der Waals surface area contributed by atoms with E-state index in [1.807, 2.05) is 30.0 Å². The highest BCUT2D eigenvalue weighted by atomic mass is 16.5. The number of carbonyl (C=O) groups is 1. The molecule has 0 N–H and O–H groups in total. The van der Waals surface area contributed by atoms with Crippen molar-refractivity contribution in [3.63, 3.8) is 0 Å². The van der Waals surface area contributed by atoms with Crippen LogP contribution in [0.25, 0.3) is 0 Å². The maximum Gasteiger partial charge on any atom is 0.278 e. The van der Waals surface area contributed by atoms with E-state index in [2.05, 4.69) is 45.9 Å². The lowest BCUT2D eigenvalue weighted by atomic mass is 9.80. The third-order valence-electron chi connectivity index (χ3n) is 5.84. The SMILES string of the molecule is CCOc1cc2c3c(c1)C(C)CC(C)(C)N3C(=O)C2=Nc1ccc(CC)cc1. The fourth-order valence-electron chi connectivity index (χ4n) is 4.58. The number of ether oxygens (including phenoxy) is 1. The molecule has 2 aromatic rings. The van der Waals surface area contributed by atoms with E-state index in [0.29, 0.717) is 18.2 Å². The minimum absolute atomic E-state index is 0.0126. The average Bonchev–Trinajstić information content (AvgIpc) is 2.93. The van der Waals surface area contributed by atoms with Crippen LogP contribution in [-0.4, -0.2) is 23.8 Å². The molecule has 1 atom stereocenters. The van der Waals surface area contributed by atoms with Gasteiger partial charge in [-0.3, -0.25) is 4.79 Å². The van der Waals surface area contributed by atoms with Crippen LogP contribution >= 0.6 is 0 Å². The fraction of sp³-hybridized carbons (Fsp3) is 0.417. The van der Waals surface area contributed by atoms with Gasteiger partial charge in [-0.2, -0.15) is 0 Å². The number of hydrogen-bond acceptors (Lipinski definition) is 3. The first-order valence-corrected chi connectivity index (χ1v) is 10.2. The van der Waals surface area contributed by atoms with Crippen LogP contribution in [0, 0.1) is 0 Å². The summed E-state index contributed by atoms with van der Waals surface area (Å²) in [5.41, 5.74) is 5.43. The summed E-state index contributed by atoms with van der Waals surface area (Å²) in [7, 11) is 0. The number of aliphatic imine (C=N–C) groups is 1. The lowest BCUT2D eigenvalue weighted by Gasteiger charge is -2.43. The number of hydrogen-bond donors (Lipinski definition) is 0. The zero-order valence-corrected chi connectivity index (χ0v) is 17.4. The van der Waals surface area contributed by atoms with E-state index in [1.54, 1.807) is 0 Å². The predicted molar refractivity (Wildman–Crippen MR) is 114 cm³/mol. The first-order valence-electron chi connectivity index (χ1n) is 10.2. The van der Waals surface area contributed by atoms with Crippen LogP contribution in [0.3, 0.4) is 0 Å². The van der Waals surface area contributed by atoms with E-state index in [4.69, 9.17) is 9.73 Å². The first kappa shape index (κ1) is 18.7. The predicted octanol–water partition coefficient (Wildman–Crippen LogP) is 5.40. The van der Waals surface area contributed by atoms with Crippen LogP contribution < -0.4 is 9.64 Å². The topological polar surface area (TPSA) is 41.9 Å². The molecule has 28 heavy (non-hydrogen) atoms. The third-order valence-corrected chi connectivity index (χ3v) is 5.84.